The van der Waals surface area contributed by atoms with Gasteiger partial charge in [0.2, 0.25) is 5.78 Å². The molecule has 0 radical (unpaired) electrons. The van der Waals surface area contributed by atoms with E-state index in [0.717, 1.165) is 0 Å². The van der Waals surface area contributed by atoms with Gasteiger partial charge in [0.1, 0.15) is 17.3 Å². The molecule has 0 fully saturated rings. The van der Waals surface area contributed by atoms with Crippen LogP contribution < -0.4 is 4.74 Å². The molecular formula is C15H14O5. The van der Waals surface area contributed by atoms with E-state index in [4.69, 9.17) is 9.15 Å². The number of carbonyl (C=O) groups excluding carboxylic acids is 2. The Bertz CT molecular complexity index is 682. The molecule has 0 unspecified atom stereocenters. The van der Waals surface area contributed by atoms with Crippen molar-refractivity contribution >= 4 is 11.6 Å². The standard InChI is InChI=1S/C15H14O5/c1-8(16)12-7-14(20-9(12)2)15(18)11-5-4-10(19-3)6-13(11)17/h4-7,17H,1-3H3. The van der Waals surface area contributed by atoms with Crippen LogP contribution in [0.3, 0.4) is 0 Å². The predicted octanol–water partition coefficient (Wildman–Crippen LogP) is 2.74. The summed E-state index contributed by atoms with van der Waals surface area (Å²) < 4.78 is 10.2. The summed E-state index contributed by atoms with van der Waals surface area (Å²) in [5.41, 5.74) is 0.455. The van der Waals surface area contributed by atoms with E-state index in [0.29, 0.717) is 17.1 Å². The lowest BCUT2D eigenvalue weighted by molar-refractivity contribution is 0.0998. The minimum Gasteiger partial charge on any atom is -0.507 e. The molecule has 104 valence electrons. The second-order valence-electron chi connectivity index (χ2n) is 4.35. The summed E-state index contributed by atoms with van der Waals surface area (Å²) in [5.74, 6) is -0.0149. The van der Waals surface area contributed by atoms with E-state index in [1.165, 1.54) is 32.2 Å². The molecule has 0 saturated carbocycles. The zero-order valence-corrected chi connectivity index (χ0v) is 11.4. The third-order valence-electron chi connectivity index (χ3n) is 2.97. The fraction of sp³-hybridized carbons (Fsp3) is 0.200. The van der Waals surface area contributed by atoms with E-state index in [9.17, 15) is 14.7 Å². The van der Waals surface area contributed by atoms with Crippen LogP contribution in [0.5, 0.6) is 11.5 Å². The molecule has 0 aliphatic carbocycles. The van der Waals surface area contributed by atoms with Crippen molar-refractivity contribution in [3.05, 3.63) is 46.9 Å². The lowest BCUT2D eigenvalue weighted by Gasteiger charge is -2.04. The number of benzene rings is 1. The molecule has 2 rings (SSSR count). The van der Waals surface area contributed by atoms with E-state index in [1.54, 1.807) is 13.0 Å². The monoisotopic (exact) mass is 274 g/mol. The molecular weight excluding hydrogens is 260 g/mol. The first-order chi connectivity index (χ1) is 9.43. The summed E-state index contributed by atoms with van der Waals surface area (Å²) in [4.78, 5) is 23.6. The summed E-state index contributed by atoms with van der Waals surface area (Å²) in [6, 6.07) is 5.75. The van der Waals surface area contributed by atoms with Crippen LogP contribution in [0, 0.1) is 6.92 Å². The Kier molecular flexibility index (Phi) is 3.61. The number of carbonyl (C=O) groups is 2. The molecule has 5 heteroatoms. The minimum absolute atomic E-state index is 0.0215. The van der Waals surface area contributed by atoms with E-state index in [1.807, 2.05) is 0 Å². The van der Waals surface area contributed by atoms with Gasteiger partial charge in [0.15, 0.2) is 11.5 Å². The van der Waals surface area contributed by atoms with Crippen LogP contribution in [0.2, 0.25) is 0 Å². The number of ether oxygens (including phenoxy) is 1. The highest BCUT2D eigenvalue weighted by Gasteiger charge is 2.20. The number of hydrogen-bond donors (Lipinski definition) is 1. The Morgan fingerprint density at radius 1 is 1.20 bits per heavy atom. The average Bonchev–Trinajstić information content (AvgIpc) is 2.80. The Hall–Kier alpha value is -2.56. The van der Waals surface area contributed by atoms with Crippen molar-refractivity contribution in [1.82, 2.24) is 0 Å². The largest absolute Gasteiger partial charge is 0.507 e. The van der Waals surface area contributed by atoms with Crippen molar-refractivity contribution in [2.75, 3.05) is 7.11 Å². The highest BCUT2D eigenvalue weighted by molar-refractivity contribution is 6.10. The molecule has 1 N–H and O–H groups in total. The normalized spacial score (nSPS) is 10.3. The second-order valence-corrected chi connectivity index (χ2v) is 4.35. The average molecular weight is 274 g/mol. The second kappa shape index (κ2) is 5.21. The molecule has 0 bridgehead atoms. The molecule has 5 nitrogen and oxygen atoms in total. The molecule has 0 spiro atoms. The van der Waals surface area contributed by atoms with Crippen LogP contribution in [0.4, 0.5) is 0 Å². The van der Waals surface area contributed by atoms with Crippen molar-refractivity contribution in [3.63, 3.8) is 0 Å². The zero-order chi connectivity index (χ0) is 14.9. The van der Waals surface area contributed by atoms with E-state index in [2.05, 4.69) is 0 Å². The molecule has 0 amide bonds. The first-order valence-corrected chi connectivity index (χ1v) is 5.97. The van der Waals surface area contributed by atoms with Crippen LogP contribution in [-0.2, 0) is 0 Å². The smallest absolute Gasteiger partial charge is 0.231 e. The highest BCUT2D eigenvalue weighted by atomic mass is 16.5. The first-order valence-electron chi connectivity index (χ1n) is 5.97. The first kappa shape index (κ1) is 13.9. The predicted molar refractivity (Wildman–Crippen MR) is 71.5 cm³/mol. The van der Waals surface area contributed by atoms with Gasteiger partial charge >= 0.3 is 0 Å². The topological polar surface area (TPSA) is 76.7 Å². The number of methoxy groups -OCH3 is 1. The summed E-state index contributed by atoms with van der Waals surface area (Å²) in [7, 11) is 1.46. The maximum Gasteiger partial charge on any atom is 0.231 e. The highest BCUT2D eigenvalue weighted by Crippen LogP contribution is 2.27. The van der Waals surface area contributed by atoms with Gasteiger partial charge in [-0.25, -0.2) is 0 Å². The lowest BCUT2D eigenvalue weighted by atomic mass is 10.1. The Morgan fingerprint density at radius 3 is 2.40 bits per heavy atom. The van der Waals surface area contributed by atoms with Crippen LogP contribution in [0.25, 0.3) is 0 Å². The molecule has 1 aromatic heterocycles. The third-order valence-corrected chi connectivity index (χ3v) is 2.97. The van der Waals surface area contributed by atoms with Crippen molar-refractivity contribution in [2.45, 2.75) is 13.8 Å². The number of Topliss-reactive ketones (excluding diaryl/α,β-unsaturated/α-hetero) is 1. The number of furan rings is 1. The van der Waals surface area contributed by atoms with E-state index in [-0.39, 0.29) is 22.9 Å². The molecule has 0 atom stereocenters. The maximum atomic E-state index is 12.2. The van der Waals surface area contributed by atoms with Crippen LogP contribution >= 0.6 is 0 Å². The number of phenols is 1. The lowest BCUT2D eigenvalue weighted by Crippen LogP contribution is -2.00. The fourth-order valence-electron chi connectivity index (χ4n) is 1.91. The quantitative estimate of drug-likeness (QED) is 0.867. The Morgan fingerprint density at radius 2 is 1.90 bits per heavy atom. The van der Waals surface area contributed by atoms with Crippen LogP contribution in [-0.4, -0.2) is 23.8 Å². The minimum atomic E-state index is -0.485. The summed E-state index contributed by atoms with van der Waals surface area (Å²) in [6.45, 7) is 3.01. The fourth-order valence-corrected chi connectivity index (χ4v) is 1.91. The van der Waals surface area contributed by atoms with Gasteiger partial charge in [-0.05, 0) is 32.0 Å². The summed E-state index contributed by atoms with van der Waals surface area (Å²) in [5, 5.41) is 9.83. The van der Waals surface area contributed by atoms with Gasteiger partial charge < -0.3 is 14.3 Å². The van der Waals surface area contributed by atoms with E-state index >= 15 is 0 Å². The van der Waals surface area contributed by atoms with Gasteiger partial charge in [-0.3, -0.25) is 9.59 Å². The summed E-state index contributed by atoms with van der Waals surface area (Å²) in [6.07, 6.45) is 0. The van der Waals surface area contributed by atoms with Gasteiger partial charge in [0, 0.05) is 6.07 Å². The van der Waals surface area contributed by atoms with Crippen LogP contribution in [0.1, 0.15) is 39.2 Å². The Labute approximate surface area is 115 Å². The molecule has 1 heterocycles. The van der Waals surface area contributed by atoms with Crippen molar-refractivity contribution in [2.24, 2.45) is 0 Å². The van der Waals surface area contributed by atoms with Gasteiger partial charge in [-0.15, -0.1) is 0 Å². The van der Waals surface area contributed by atoms with Gasteiger partial charge in [-0.2, -0.15) is 0 Å². The maximum absolute atomic E-state index is 12.2. The molecule has 0 aliphatic heterocycles. The number of hydrogen-bond acceptors (Lipinski definition) is 5. The molecule has 1 aromatic carbocycles. The molecule has 2 aromatic rings. The number of aromatic hydroxyl groups is 1. The van der Waals surface area contributed by atoms with Gasteiger partial charge in [0.05, 0.1) is 18.2 Å². The van der Waals surface area contributed by atoms with Gasteiger partial charge in [-0.1, -0.05) is 0 Å². The molecule has 20 heavy (non-hydrogen) atoms. The molecule has 0 saturated heterocycles. The SMILES string of the molecule is COc1ccc(C(=O)c2cc(C(C)=O)c(C)o2)c(O)c1. The number of ketones is 2. The number of aryl methyl sites for hydroxylation is 1. The number of rotatable bonds is 4. The molecule has 0 aliphatic rings. The zero-order valence-electron chi connectivity index (χ0n) is 11.4. The Balaban J connectivity index is 2.41. The summed E-state index contributed by atoms with van der Waals surface area (Å²) >= 11 is 0. The van der Waals surface area contributed by atoms with Gasteiger partial charge in [0.25, 0.3) is 0 Å². The van der Waals surface area contributed by atoms with Crippen molar-refractivity contribution in [1.29, 1.82) is 0 Å². The van der Waals surface area contributed by atoms with Crippen molar-refractivity contribution in [3.8, 4) is 11.5 Å². The third kappa shape index (κ3) is 2.42. The van der Waals surface area contributed by atoms with E-state index < -0.39 is 5.78 Å². The van der Waals surface area contributed by atoms with Crippen LogP contribution in [0.15, 0.2) is 28.7 Å². The van der Waals surface area contributed by atoms with Crippen molar-refractivity contribution < 1.29 is 23.8 Å². The number of phenolic OH excluding ortho intramolecular Hbond substituents is 1.